The van der Waals surface area contributed by atoms with E-state index in [0.717, 1.165) is 17.1 Å². The van der Waals surface area contributed by atoms with E-state index >= 15 is 0 Å². The Morgan fingerprint density at radius 2 is 0.550 bits per heavy atom. The van der Waals surface area contributed by atoms with Gasteiger partial charge in [0.2, 0.25) is 0 Å². The van der Waals surface area contributed by atoms with Crippen LogP contribution >= 0.6 is 0 Å². The average molecular weight is 716 g/mol. The first-order valence-electron chi connectivity index (χ1n) is 16.9. The molecule has 40 heavy (non-hydrogen) atoms. The minimum Gasteiger partial charge on any atom is -0.0711 e. The second-order valence-electron chi connectivity index (χ2n) is 22.1. The Balaban J connectivity index is 2.99. The first-order valence-corrected chi connectivity index (χ1v) is 48.9. The Morgan fingerprint density at radius 3 is 0.700 bits per heavy atom. The highest BCUT2D eigenvalue weighted by Gasteiger charge is 2.83. The van der Waals surface area contributed by atoms with E-state index in [1.165, 1.54) is 0 Å². The molecule has 2 fully saturated rings. The summed E-state index contributed by atoms with van der Waals surface area (Å²) < 4.78 is 3.34. The third-order valence-electron chi connectivity index (χ3n) is 15.1. The third kappa shape index (κ3) is 3.93. The molecule has 3 aliphatic rings. The van der Waals surface area contributed by atoms with Crippen molar-refractivity contribution in [3.63, 3.8) is 0 Å². The Labute approximate surface area is 264 Å². The predicted octanol–water partition coefficient (Wildman–Crippen LogP) is 11.5. The van der Waals surface area contributed by atoms with Gasteiger partial charge in [-0.3, -0.25) is 0 Å². The van der Waals surface area contributed by atoms with Crippen LogP contribution in [0.5, 0.6) is 0 Å². The fraction of sp³-hybridized carbons (Fsp3) is 1.00. The Hall–Kier alpha value is 2.17. The predicted molar refractivity (Wildman–Crippen MR) is 216 cm³/mol. The molecule has 2 saturated heterocycles. The van der Waals surface area contributed by atoms with Gasteiger partial charge in [-0.2, -0.15) is 0 Å². The molecule has 234 valence electrons. The lowest BCUT2D eigenvalue weighted by Gasteiger charge is -2.73. The zero-order valence-electron chi connectivity index (χ0n) is 31.8. The van der Waals surface area contributed by atoms with Gasteiger partial charge in [-0.1, -0.05) is 170 Å². The highest BCUT2D eigenvalue weighted by atomic mass is 29.3. The molecule has 0 saturated carbocycles. The maximum absolute atomic E-state index is 3.11. The van der Waals surface area contributed by atoms with Gasteiger partial charge in [-0.15, -0.1) is 0 Å². The fourth-order valence-electron chi connectivity index (χ4n) is 13.8. The molecule has 0 bridgehead atoms. The minimum absolute atomic E-state index is 0.558. The van der Waals surface area contributed by atoms with Crippen molar-refractivity contribution in [2.45, 2.75) is 187 Å². The van der Waals surface area contributed by atoms with Crippen molar-refractivity contribution in [3.8, 4) is 0 Å². The van der Waals surface area contributed by atoms with E-state index in [1.54, 1.807) is 25.7 Å². The lowest BCUT2D eigenvalue weighted by atomic mass is 10.4. The van der Waals surface area contributed by atoms with Gasteiger partial charge in [0.25, 0.3) is 0 Å². The molecule has 0 N–H and O–H groups in total. The molecule has 0 spiro atoms. The van der Waals surface area contributed by atoms with Crippen molar-refractivity contribution < 1.29 is 0 Å². The number of rotatable bonds is 6. The SMILES string of the molecule is C[Si](C)(C)C1([Si](C)(C)C)CC[C@@]2([Si](C)(C)C)[Si]1=[Si]1C([Si](C)(C)C)([Si](C)(C)C)CC[C@@]1([Si](C)(C)C)[Si](C)(C)[Si]2(C)C. The van der Waals surface area contributed by atoms with Crippen LogP contribution in [0.2, 0.25) is 161 Å². The Kier molecular flexibility index (Phi) is 8.59. The van der Waals surface area contributed by atoms with E-state index < -0.39 is 79.4 Å². The van der Waals surface area contributed by atoms with Gasteiger partial charge in [0, 0.05) is 63.6 Å². The summed E-state index contributed by atoms with van der Waals surface area (Å²) >= 11 is 0. The van der Waals surface area contributed by atoms with Crippen molar-refractivity contribution in [1.82, 2.24) is 0 Å². The summed E-state index contributed by atoms with van der Waals surface area (Å²) in [5, 5.41) is 0. The van der Waals surface area contributed by atoms with Gasteiger partial charge in [-0.25, -0.2) is 0 Å². The molecule has 3 heterocycles. The summed E-state index contributed by atoms with van der Waals surface area (Å²) in [6.07, 6.45) is 6.76. The first-order chi connectivity index (χ1) is 17.2. The minimum atomic E-state index is -1.55. The molecule has 0 aromatic heterocycles. The monoisotopic (exact) mass is 714 g/mol. The summed E-state index contributed by atoms with van der Waals surface area (Å²) in [4.78, 5) is 0. The first kappa shape index (κ1) is 36.6. The molecule has 3 aliphatic heterocycles. The normalized spacial score (nSPS) is 32.2. The summed E-state index contributed by atoms with van der Waals surface area (Å²) in [6.45, 7) is 65.2. The number of hydrogen-bond acceptors (Lipinski definition) is 0. The molecular formula is C30H74Si10. The highest BCUT2D eigenvalue weighted by Crippen LogP contribution is 2.80. The summed E-state index contributed by atoms with van der Waals surface area (Å²) in [5.41, 5.74) is 0. The van der Waals surface area contributed by atoms with Gasteiger partial charge in [-0.05, 0) is 32.9 Å². The van der Waals surface area contributed by atoms with Crippen LogP contribution in [-0.4, -0.2) is 79.4 Å². The van der Waals surface area contributed by atoms with Crippen LogP contribution in [0, 0.1) is 0 Å². The number of fused-ring (bicyclic) bond motifs is 2. The Morgan fingerprint density at radius 1 is 0.350 bits per heavy atom. The molecular weight excluding hydrogens is 641 g/mol. The highest BCUT2D eigenvalue weighted by molar-refractivity contribution is 7.58. The van der Waals surface area contributed by atoms with Gasteiger partial charge in [0.15, 0.2) is 0 Å². The van der Waals surface area contributed by atoms with Crippen LogP contribution in [0.1, 0.15) is 25.7 Å². The van der Waals surface area contributed by atoms with Crippen molar-refractivity contribution in [2.24, 2.45) is 0 Å². The number of hydrogen-bond donors (Lipinski definition) is 0. The van der Waals surface area contributed by atoms with Gasteiger partial charge in [0.05, 0.1) is 0 Å². The molecule has 10 heteroatoms. The largest absolute Gasteiger partial charge is 0.0711 e. The average Bonchev–Trinajstić information content (AvgIpc) is 3.21. The summed E-state index contributed by atoms with van der Waals surface area (Å²) in [6, 6.07) is 0. The van der Waals surface area contributed by atoms with E-state index in [1.807, 2.05) is 0 Å². The van der Waals surface area contributed by atoms with E-state index in [-0.39, 0.29) is 0 Å². The third-order valence-corrected chi connectivity index (χ3v) is 113. The topological polar surface area (TPSA) is 0 Å². The molecule has 0 aliphatic carbocycles. The second-order valence-corrected chi connectivity index (χ2v) is 83.9. The van der Waals surface area contributed by atoms with Crippen LogP contribution in [0.25, 0.3) is 0 Å². The van der Waals surface area contributed by atoms with E-state index in [9.17, 15) is 0 Å². The second kappa shape index (κ2) is 9.38. The van der Waals surface area contributed by atoms with Gasteiger partial charge < -0.3 is 0 Å². The van der Waals surface area contributed by atoms with Gasteiger partial charge >= 0.3 is 0 Å². The summed E-state index contributed by atoms with van der Waals surface area (Å²) in [7, 11) is -12.9. The molecule has 0 aromatic rings. The zero-order chi connectivity index (χ0) is 32.0. The van der Waals surface area contributed by atoms with E-state index in [4.69, 9.17) is 0 Å². The molecule has 2 atom stereocenters. The van der Waals surface area contributed by atoms with Crippen molar-refractivity contribution >= 4 is 79.4 Å². The quantitative estimate of drug-likeness (QED) is 0.240. The lowest BCUT2D eigenvalue weighted by molar-refractivity contribution is 0.755. The van der Waals surface area contributed by atoms with Crippen LogP contribution in [0.15, 0.2) is 0 Å². The molecule has 0 unspecified atom stereocenters. The smallest absolute Gasteiger partial charge is 0.0481 e. The Bertz CT molecular complexity index is 962. The van der Waals surface area contributed by atoms with Crippen LogP contribution in [0.3, 0.4) is 0 Å². The lowest BCUT2D eigenvalue weighted by Crippen LogP contribution is -2.85. The van der Waals surface area contributed by atoms with Crippen LogP contribution < -0.4 is 0 Å². The standard InChI is InChI=1S/C30H74Si10/c1-33(2,3)27(34(4,5)6)23-25-29(37(13,14)15)31(27)32-28(35(7,8)9,36(10,11)12)24-26-30(32,38(16,17)18)40(21,22)39(29,19)20/h23-26H2,1-22H3/t29-,30+. The maximum Gasteiger partial charge on any atom is 0.0481 e. The van der Waals surface area contributed by atoms with Crippen molar-refractivity contribution in [3.05, 3.63) is 0 Å². The maximum atomic E-state index is 3.11. The van der Waals surface area contributed by atoms with Crippen LogP contribution in [0.4, 0.5) is 0 Å². The van der Waals surface area contributed by atoms with E-state index in [2.05, 4.69) is 144 Å². The van der Waals surface area contributed by atoms with Crippen molar-refractivity contribution in [2.75, 3.05) is 0 Å². The molecule has 0 aromatic carbocycles. The molecule has 0 amide bonds. The zero-order valence-corrected chi connectivity index (χ0v) is 41.8. The van der Waals surface area contributed by atoms with Crippen molar-refractivity contribution in [1.29, 1.82) is 0 Å². The van der Waals surface area contributed by atoms with Gasteiger partial charge in [0.1, 0.15) is 0 Å². The molecule has 0 nitrogen and oxygen atoms in total. The fourth-order valence-corrected chi connectivity index (χ4v) is 163. The summed E-state index contributed by atoms with van der Waals surface area (Å²) in [5.74, 6) is 0. The molecule has 3 rings (SSSR count). The van der Waals surface area contributed by atoms with Crippen LogP contribution in [-0.2, 0) is 0 Å². The van der Waals surface area contributed by atoms with E-state index in [0.29, 0.717) is 0 Å². The molecule has 0 radical (unpaired) electrons.